The number of hydrogen-bond acceptors (Lipinski definition) is 11. The van der Waals surface area contributed by atoms with Crippen LogP contribution in [0.2, 0.25) is 0 Å². The van der Waals surface area contributed by atoms with Crippen LogP contribution in [-0.4, -0.2) is 112 Å². The van der Waals surface area contributed by atoms with Gasteiger partial charge in [-0.05, 0) is 65.2 Å². The zero-order valence-corrected chi connectivity index (χ0v) is 31.7. The molecule has 7 atom stereocenters. The van der Waals surface area contributed by atoms with Crippen molar-refractivity contribution >= 4 is 23.7 Å². The van der Waals surface area contributed by atoms with Crippen molar-refractivity contribution in [3.05, 3.63) is 35.9 Å². The molecule has 0 bridgehead atoms. The van der Waals surface area contributed by atoms with E-state index in [-0.39, 0.29) is 43.7 Å². The van der Waals surface area contributed by atoms with E-state index in [1.54, 1.807) is 0 Å². The summed E-state index contributed by atoms with van der Waals surface area (Å²) in [4.78, 5) is 59.7. The van der Waals surface area contributed by atoms with Crippen molar-refractivity contribution in [2.75, 3.05) is 61.1 Å². The van der Waals surface area contributed by atoms with Crippen molar-refractivity contribution in [3.63, 3.8) is 0 Å². The number of benzene rings is 1. The molecule has 0 aliphatic carbocycles. The molecule has 0 radical (unpaired) electrons. The van der Waals surface area contributed by atoms with E-state index in [2.05, 4.69) is 10.2 Å². The molecule has 1 aliphatic rings. The summed E-state index contributed by atoms with van der Waals surface area (Å²) in [6, 6.07) is 9.67. The van der Waals surface area contributed by atoms with E-state index in [1.807, 2.05) is 97.9 Å². The van der Waals surface area contributed by atoms with Gasteiger partial charge in [0.05, 0.1) is 19.6 Å². The van der Waals surface area contributed by atoms with Gasteiger partial charge in [-0.2, -0.15) is 0 Å². The van der Waals surface area contributed by atoms with Crippen molar-refractivity contribution in [2.45, 2.75) is 103 Å². The average Bonchev–Trinajstić information content (AvgIpc) is 3.08. The highest BCUT2D eigenvalue weighted by Gasteiger charge is 2.54. The summed E-state index contributed by atoms with van der Waals surface area (Å²) in [6.07, 6.45) is 1.01. The van der Waals surface area contributed by atoms with Gasteiger partial charge in [0.25, 0.3) is 0 Å². The molecule has 11 heteroatoms. The Bertz CT molecular complexity index is 1200. The molecule has 0 aromatic heterocycles. The Balaban J connectivity index is 2.63. The van der Waals surface area contributed by atoms with Gasteiger partial charge >= 0.3 is 17.9 Å². The van der Waals surface area contributed by atoms with Gasteiger partial charge in [-0.15, -0.1) is 0 Å². The lowest BCUT2D eigenvalue weighted by molar-refractivity contribution is -0.208. The molecule has 49 heavy (non-hydrogen) atoms. The van der Waals surface area contributed by atoms with E-state index in [1.165, 1.54) is 7.11 Å². The Hall–Kier alpha value is -2.86. The number of carbonyl (C=O) groups excluding carboxylic acids is 4. The standard InChI is InChI=1S/C38H63N3O8/c1-11-14-23-47-34(43)30(25-27(4)29-18-16-15-17-19-29)32(35(44)46-10)33(36(45)48-24-22-41(9)21-20-40(7)8)49-38(13-3)26-31(42)28(5)37(6,12-2)39-38/h15-19,27-28,30,32-33,39H,11-14,20-26H2,1-10H3. The smallest absolute Gasteiger partial charge is 0.336 e. The summed E-state index contributed by atoms with van der Waals surface area (Å²) in [5.41, 5.74) is -0.958. The molecular weight excluding hydrogens is 626 g/mol. The van der Waals surface area contributed by atoms with Crippen molar-refractivity contribution in [2.24, 2.45) is 17.8 Å². The van der Waals surface area contributed by atoms with E-state index in [0.717, 1.165) is 25.1 Å². The highest BCUT2D eigenvalue weighted by atomic mass is 16.6. The van der Waals surface area contributed by atoms with Crippen LogP contribution in [-0.2, 0) is 38.1 Å². The summed E-state index contributed by atoms with van der Waals surface area (Å²) in [7, 11) is 7.14. The van der Waals surface area contributed by atoms with Gasteiger partial charge < -0.3 is 28.7 Å². The van der Waals surface area contributed by atoms with Crippen LogP contribution < -0.4 is 5.32 Å². The minimum absolute atomic E-state index is 0.0116. The van der Waals surface area contributed by atoms with Crippen molar-refractivity contribution in [3.8, 4) is 0 Å². The molecule has 1 aromatic carbocycles. The number of carbonyl (C=O) groups is 4. The molecule has 7 unspecified atom stereocenters. The van der Waals surface area contributed by atoms with Gasteiger partial charge in [0.2, 0.25) is 0 Å². The highest BCUT2D eigenvalue weighted by Crippen LogP contribution is 2.40. The third-order valence-corrected chi connectivity index (χ3v) is 10.2. The minimum atomic E-state index is -1.57. The summed E-state index contributed by atoms with van der Waals surface area (Å²) in [6.45, 7) is 13.9. The van der Waals surface area contributed by atoms with Crippen LogP contribution in [0.4, 0.5) is 0 Å². The monoisotopic (exact) mass is 689 g/mol. The SMILES string of the molecule is CCCCOC(=O)C(CC(C)c1ccccc1)C(C(=O)OC)C(OC1(CC)CC(=O)C(C)C(C)(CC)N1)C(=O)OCCN(C)CCN(C)C. The Morgan fingerprint density at radius 3 is 2.16 bits per heavy atom. The van der Waals surface area contributed by atoms with Crippen LogP contribution in [0.1, 0.15) is 91.5 Å². The number of rotatable bonds is 21. The maximum absolute atomic E-state index is 14.3. The quantitative estimate of drug-likeness (QED) is 0.109. The summed E-state index contributed by atoms with van der Waals surface area (Å²) < 4.78 is 23.6. The first-order valence-corrected chi connectivity index (χ1v) is 18.0. The zero-order valence-electron chi connectivity index (χ0n) is 31.7. The molecule has 0 spiro atoms. The second kappa shape index (κ2) is 20.1. The fourth-order valence-electron chi connectivity index (χ4n) is 6.35. The number of Topliss-reactive ketones (excluding diaryl/α,β-unsaturated/α-hetero) is 1. The average molecular weight is 690 g/mol. The topological polar surface area (TPSA) is 124 Å². The molecule has 1 heterocycles. The Morgan fingerprint density at radius 1 is 0.939 bits per heavy atom. The molecule has 0 saturated carbocycles. The Kier molecular flexibility index (Phi) is 17.4. The summed E-state index contributed by atoms with van der Waals surface area (Å²) in [5, 5.41) is 3.57. The number of likely N-dealkylation sites (N-methyl/N-ethyl adjacent to an activating group) is 2. The second-order valence-electron chi connectivity index (χ2n) is 14.1. The van der Waals surface area contributed by atoms with Gasteiger partial charge in [0.15, 0.2) is 6.10 Å². The minimum Gasteiger partial charge on any atom is -0.469 e. The molecule has 1 fully saturated rings. The normalized spacial score (nSPS) is 23.5. The lowest BCUT2D eigenvalue weighted by Crippen LogP contribution is -2.68. The van der Waals surface area contributed by atoms with Gasteiger partial charge in [-0.25, -0.2) is 4.79 Å². The second-order valence-corrected chi connectivity index (χ2v) is 14.1. The van der Waals surface area contributed by atoms with E-state index in [9.17, 15) is 19.2 Å². The third kappa shape index (κ3) is 12.2. The molecule has 11 nitrogen and oxygen atoms in total. The molecule has 0 amide bonds. The molecule has 1 aromatic rings. The molecule has 1 aliphatic heterocycles. The van der Waals surface area contributed by atoms with Gasteiger partial charge in [-0.1, -0.05) is 71.4 Å². The first-order chi connectivity index (χ1) is 23.2. The van der Waals surface area contributed by atoms with Crippen LogP contribution in [0.3, 0.4) is 0 Å². The van der Waals surface area contributed by atoms with E-state index >= 15 is 0 Å². The molecule has 278 valence electrons. The maximum atomic E-state index is 14.3. The number of unbranched alkanes of at least 4 members (excludes halogenated alkanes) is 1. The number of piperidine rings is 1. The summed E-state index contributed by atoms with van der Waals surface area (Å²) >= 11 is 0. The lowest BCUT2D eigenvalue weighted by atomic mass is 9.74. The highest BCUT2D eigenvalue weighted by molar-refractivity contribution is 5.89. The van der Waals surface area contributed by atoms with Crippen LogP contribution >= 0.6 is 0 Å². The first kappa shape index (κ1) is 42.3. The summed E-state index contributed by atoms with van der Waals surface area (Å²) in [5.74, 6) is -5.20. The van der Waals surface area contributed by atoms with Crippen LogP contribution in [0.25, 0.3) is 0 Å². The number of methoxy groups -OCH3 is 1. The predicted octanol–water partition coefficient (Wildman–Crippen LogP) is 4.82. The number of ketones is 1. The fourth-order valence-corrected chi connectivity index (χ4v) is 6.35. The van der Waals surface area contributed by atoms with E-state index in [0.29, 0.717) is 25.8 Å². The maximum Gasteiger partial charge on any atom is 0.336 e. The van der Waals surface area contributed by atoms with Gasteiger partial charge in [-0.3, -0.25) is 19.7 Å². The van der Waals surface area contributed by atoms with Crippen LogP contribution in [0, 0.1) is 17.8 Å². The van der Waals surface area contributed by atoms with Crippen molar-refractivity contribution in [1.29, 1.82) is 0 Å². The van der Waals surface area contributed by atoms with Gasteiger partial charge in [0, 0.05) is 37.5 Å². The van der Waals surface area contributed by atoms with Gasteiger partial charge in [0.1, 0.15) is 24.0 Å². The van der Waals surface area contributed by atoms with Crippen LogP contribution in [0.15, 0.2) is 30.3 Å². The molecular formula is C38H63N3O8. The number of hydrogen-bond donors (Lipinski definition) is 1. The molecule has 1 saturated heterocycles. The van der Waals surface area contributed by atoms with E-state index in [4.69, 9.17) is 18.9 Å². The lowest BCUT2D eigenvalue weighted by Gasteiger charge is -2.51. The zero-order chi connectivity index (χ0) is 36.8. The van der Waals surface area contributed by atoms with Crippen molar-refractivity contribution in [1.82, 2.24) is 15.1 Å². The predicted molar refractivity (Wildman–Crippen MR) is 190 cm³/mol. The number of nitrogens with one attached hydrogen (secondary N) is 1. The fraction of sp³-hybridized carbons (Fsp3) is 0.737. The largest absolute Gasteiger partial charge is 0.469 e. The Morgan fingerprint density at radius 2 is 1.59 bits per heavy atom. The van der Waals surface area contributed by atoms with E-state index < -0.39 is 47.1 Å². The molecule has 1 N–H and O–H groups in total. The van der Waals surface area contributed by atoms with Crippen LogP contribution in [0.5, 0.6) is 0 Å². The number of ether oxygens (including phenoxy) is 4. The third-order valence-electron chi connectivity index (χ3n) is 10.2. The number of nitrogens with zero attached hydrogens (tertiary/aromatic N) is 2. The molecule has 2 rings (SSSR count). The number of esters is 3. The Labute approximate surface area is 294 Å². The first-order valence-electron chi connectivity index (χ1n) is 18.0. The van der Waals surface area contributed by atoms with Crippen molar-refractivity contribution < 1.29 is 38.1 Å².